The van der Waals surface area contributed by atoms with Gasteiger partial charge >= 0.3 is 0 Å². The average molecular weight is 263 g/mol. The molecule has 1 aromatic rings. The van der Waals surface area contributed by atoms with Gasteiger partial charge in [0.05, 0.1) is 10.5 Å². The van der Waals surface area contributed by atoms with E-state index in [1.807, 2.05) is 6.07 Å². The predicted octanol–water partition coefficient (Wildman–Crippen LogP) is 1.23. The van der Waals surface area contributed by atoms with Crippen molar-refractivity contribution in [2.45, 2.75) is 16.3 Å². The summed E-state index contributed by atoms with van der Waals surface area (Å²) in [5.74, 6) is 0. The number of thiol groups is 1. The van der Waals surface area contributed by atoms with E-state index in [2.05, 4.69) is 12.6 Å². The van der Waals surface area contributed by atoms with Crippen LogP contribution in [0.2, 0.25) is 0 Å². The Kier molecular flexibility index (Phi) is 3.62. The first kappa shape index (κ1) is 12.3. The highest BCUT2D eigenvalue weighted by Crippen LogP contribution is 2.28. The minimum atomic E-state index is -3.89. The molecule has 2 N–H and O–H groups in total. The fraction of sp³-hybridized carbons (Fsp3) is 0.125. The number of rotatable bonds is 2. The van der Waals surface area contributed by atoms with Gasteiger partial charge in [-0.3, -0.25) is 0 Å². The fourth-order valence-corrected chi connectivity index (χ4v) is 2.84. The van der Waals surface area contributed by atoms with Gasteiger partial charge in [-0.25, -0.2) is 8.42 Å². The molecule has 1 rings (SSSR count). The smallest absolute Gasteiger partial charge is 0.262 e. The molecule has 1 aromatic carbocycles. The van der Waals surface area contributed by atoms with Crippen molar-refractivity contribution in [1.82, 2.24) is 0 Å². The molecule has 0 unspecified atom stereocenters. The summed E-state index contributed by atoms with van der Waals surface area (Å²) in [4.78, 5) is -0.142. The molecule has 0 saturated heterocycles. The second-order valence-electron chi connectivity index (χ2n) is 2.70. The second kappa shape index (κ2) is 4.41. The van der Waals surface area contributed by atoms with Gasteiger partial charge in [0.25, 0.3) is 9.05 Å². The van der Waals surface area contributed by atoms with Gasteiger partial charge in [-0.1, -0.05) is 6.07 Å². The highest BCUT2D eigenvalue weighted by molar-refractivity contribution is 8.14. The zero-order chi connectivity index (χ0) is 11.6. The highest BCUT2D eigenvalue weighted by atomic mass is 35.7. The standard InChI is InChI=1S/C8H7ClN2O2S2/c9-15(12,13)7-2-1-5(3-10)6(4-11)8(7)14/h1-2,14H,3,10H2. The van der Waals surface area contributed by atoms with E-state index >= 15 is 0 Å². The molecule has 0 aliphatic heterocycles. The summed E-state index contributed by atoms with van der Waals surface area (Å²) >= 11 is 3.97. The predicted molar refractivity (Wildman–Crippen MR) is 59.3 cm³/mol. The minimum Gasteiger partial charge on any atom is -0.326 e. The van der Waals surface area contributed by atoms with Crippen molar-refractivity contribution >= 4 is 32.4 Å². The highest BCUT2D eigenvalue weighted by Gasteiger charge is 2.18. The van der Waals surface area contributed by atoms with E-state index in [4.69, 9.17) is 21.7 Å². The van der Waals surface area contributed by atoms with Crippen LogP contribution in [-0.4, -0.2) is 8.42 Å². The summed E-state index contributed by atoms with van der Waals surface area (Å²) in [6, 6.07) is 4.59. The summed E-state index contributed by atoms with van der Waals surface area (Å²) in [6.07, 6.45) is 0. The number of nitrogens with zero attached hydrogens (tertiary/aromatic N) is 1. The number of nitriles is 1. The lowest BCUT2D eigenvalue weighted by Gasteiger charge is -2.06. The Morgan fingerprint density at radius 3 is 2.53 bits per heavy atom. The molecule has 0 atom stereocenters. The molecule has 0 aliphatic carbocycles. The molecule has 80 valence electrons. The molecular formula is C8H7ClN2O2S2. The van der Waals surface area contributed by atoms with Gasteiger partial charge in [0.2, 0.25) is 0 Å². The molecule has 0 aliphatic rings. The quantitative estimate of drug-likeness (QED) is 0.620. The van der Waals surface area contributed by atoms with Crippen LogP contribution in [-0.2, 0) is 15.6 Å². The Bertz CT molecular complexity index is 534. The van der Waals surface area contributed by atoms with Crippen LogP contribution in [0.1, 0.15) is 11.1 Å². The molecule has 15 heavy (non-hydrogen) atoms. The molecule has 0 bridgehead atoms. The van der Waals surface area contributed by atoms with E-state index in [-0.39, 0.29) is 21.9 Å². The maximum absolute atomic E-state index is 11.1. The largest absolute Gasteiger partial charge is 0.326 e. The van der Waals surface area contributed by atoms with Crippen molar-refractivity contribution in [3.05, 3.63) is 23.3 Å². The summed E-state index contributed by atoms with van der Waals surface area (Å²) in [5.41, 5.74) is 6.06. The van der Waals surface area contributed by atoms with Crippen LogP contribution in [0.3, 0.4) is 0 Å². The second-order valence-corrected chi connectivity index (χ2v) is 5.68. The van der Waals surface area contributed by atoms with Crippen LogP contribution in [0.4, 0.5) is 0 Å². The number of benzene rings is 1. The molecule has 7 heteroatoms. The summed E-state index contributed by atoms with van der Waals surface area (Å²) in [6.45, 7) is 0.138. The first-order valence-corrected chi connectivity index (χ1v) is 6.57. The Morgan fingerprint density at radius 2 is 2.13 bits per heavy atom. The Balaban J connectivity index is 3.59. The fourth-order valence-electron chi connectivity index (χ4n) is 1.11. The van der Waals surface area contributed by atoms with E-state index in [1.54, 1.807) is 0 Å². The minimum absolute atomic E-state index is 0.0375. The normalized spacial score (nSPS) is 11.1. The van der Waals surface area contributed by atoms with Crippen molar-refractivity contribution in [3.63, 3.8) is 0 Å². The molecule has 0 amide bonds. The van der Waals surface area contributed by atoms with E-state index in [0.717, 1.165) is 0 Å². The van der Waals surface area contributed by atoms with Crippen molar-refractivity contribution in [2.24, 2.45) is 5.73 Å². The zero-order valence-corrected chi connectivity index (χ0v) is 9.90. The van der Waals surface area contributed by atoms with Crippen LogP contribution >= 0.6 is 23.3 Å². The number of nitrogens with two attached hydrogens (primary N) is 1. The van der Waals surface area contributed by atoms with E-state index in [0.29, 0.717) is 5.56 Å². The lowest BCUT2D eigenvalue weighted by Crippen LogP contribution is -2.03. The molecule has 0 radical (unpaired) electrons. The zero-order valence-electron chi connectivity index (χ0n) is 7.44. The number of halogens is 1. The van der Waals surface area contributed by atoms with Gasteiger partial charge in [-0.05, 0) is 11.6 Å². The topological polar surface area (TPSA) is 83.9 Å². The van der Waals surface area contributed by atoms with Gasteiger partial charge in [0.1, 0.15) is 6.07 Å². The van der Waals surface area contributed by atoms with E-state index in [1.165, 1.54) is 12.1 Å². The number of hydrogen-bond acceptors (Lipinski definition) is 5. The first-order chi connectivity index (χ1) is 6.91. The lowest BCUT2D eigenvalue weighted by atomic mass is 10.1. The third-order valence-electron chi connectivity index (χ3n) is 1.82. The van der Waals surface area contributed by atoms with Crippen molar-refractivity contribution in [3.8, 4) is 6.07 Å². The van der Waals surface area contributed by atoms with Crippen molar-refractivity contribution < 1.29 is 8.42 Å². The van der Waals surface area contributed by atoms with Gasteiger partial charge in [0, 0.05) is 22.1 Å². The third-order valence-corrected chi connectivity index (χ3v) is 3.80. The maximum atomic E-state index is 11.1. The molecule has 0 saturated carbocycles. The molecule has 0 heterocycles. The van der Waals surface area contributed by atoms with Gasteiger partial charge in [-0.2, -0.15) is 5.26 Å². The Hall–Kier alpha value is -0.740. The van der Waals surface area contributed by atoms with Crippen LogP contribution in [0.15, 0.2) is 21.9 Å². The SMILES string of the molecule is N#Cc1c(CN)ccc(S(=O)(=O)Cl)c1S. The van der Waals surface area contributed by atoms with Crippen LogP contribution in [0.5, 0.6) is 0 Å². The van der Waals surface area contributed by atoms with E-state index in [9.17, 15) is 8.42 Å². The third kappa shape index (κ3) is 2.44. The van der Waals surface area contributed by atoms with Gasteiger partial charge in [-0.15, -0.1) is 12.6 Å². The first-order valence-electron chi connectivity index (χ1n) is 3.81. The molecule has 0 spiro atoms. The van der Waals surface area contributed by atoms with E-state index < -0.39 is 9.05 Å². The summed E-state index contributed by atoms with van der Waals surface area (Å²) < 4.78 is 22.2. The van der Waals surface area contributed by atoms with Gasteiger partial charge < -0.3 is 5.73 Å². The maximum Gasteiger partial charge on any atom is 0.262 e. The van der Waals surface area contributed by atoms with Crippen LogP contribution < -0.4 is 5.73 Å². The van der Waals surface area contributed by atoms with Crippen LogP contribution in [0, 0.1) is 11.3 Å². The lowest BCUT2D eigenvalue weighted by molar-refractivity contribution is 0.607. The van der Waals surface area contributed by atoms with Crippen LogP contribution in [0.25, 0.3) is 0 Å². The Morgan fingerprint density at radius 1 is 1.53 bits per heavy atom. The Labute approximate surface area is 97.5 Å². The summed E-state index contributed by atoms with van der Waals surface area (Å²) in [7, 11) is 1.28. The summed E-state index contributed by atoms with van der Waals surface area (Å²) in [5, 5.41) is 8.83. The molecule has 0 aromatic heterocycles. The monoisotopic (exact) mass is 262 g/mol. The number of hydrogen-bond donors (Lipinski definition) is 2. The van der Waals surface area contributed by atoms with Crippen molar-refractivity contribution in [1.29, 1.82) is 5.26 Å². The molecule has 0 fully saturated rings. The average Bonchev–Trinajstić information content (AvgIpc) is 2.15. The van der Waals surface area contributed by atoms with Crippen molar-refractivity contribution in [2.75, 3.05) is 0 Å². The van der Waals surface area contributed by atoms with Gasteiger partial charge in [0.15, 0.2) is 0 Å². The molecule has 4 nitrogen and oxygen atoms in total. The molecular weight excluding hydrogens is 256 g/mol.